The third-order valence-corrected chi connectivity index (χ3v) is 5.51. The topological polar surface area (TPSA) is 9.23 Å². The molecule has 0 unspecified atom stereocenters. The molecule has 0 heterocycles. The lowest BCUT2D eigenvalue weighted by molar-refractivity contribution is 0.167. The maximum Gasteiger partial charge on any atom is 0.0557 e. The zero-order valence-electron chi connectivity index (χ0n) is 14.1. The fourth-order valence-corrected chi connectivity index (χ4v) is 3.70. The fourth-order valence-electron chi connectivity index (χ4n) is 2.09. The van der Waals surface area contributed by atoms with Gasteiger partial charge in [0.1, 0.15) is 0 Å². The molecular weight excluding hydrogens is 320 g/mol. The Kier molecular flexibility index (Phi) is 8.66. The Morgan fingerprint density at radius 3 is 1.43 bits per heavy atom. The zero-order chi connectivity index (χ0) is 16.3. The van der Waals surface area contributed by atoms with Gasteiger partial charge < -0.3 is 4.74 Å². The van der Waals surface area contributed by atoms with Gasteiger partial charge >= 0.3 is 0 Å². The van der Waals surface area contributed by atoms with Gasteiger partial charge in [0, 0.05) is 23.0 Å². The Morgan fingerprint density at radius 1 is 0.652 bits per heavy atom. The van der Waals surface area contributed by atoms with Gasteiger partial charge in [-0.05, 0) is 25.0 Å². The Morgan fingerprint density at radius 2 is 1.04 bits per heavy atom. The van der Waals surface area contributed by atoms with Gasteiger partial charge in [-0.3, -0.25) is 0 Å². The van der Waals surface area contributed by atoms with Crippen LogP contribution in [0.3, 0.4) is 0 Å². The average molecular weight is 347 g/mol. The molecule has 0 fully saturated rings. The van der Waals surface area contributed by atoms with Crippen molar-refractivity contribution < 1.29 is 4.74 Å². The molecule has 0 radical (unpaired) electrons. The first kappa shape index (κ1) is 18.4. The summed E-state index contributed by atoms with van der Waals surface area (Å²) in [6.07, 6.45) is 0. The van der Waals surface area contributed by atoms with E-state index in [1.165, 1.54) is 22.3 Å². The first-order valence-electron chi connectivity index (χ1n) is 8.08. The van der Waals surface area contributed by atoms with Crippen molar-refractivity contribution in [3.8, 4) is 0 Å². The summed E-state index contributed by atoms with van der Waals surface area (Å²) in [7, 11) is 0. The van der Waals surface area contributed by atoms with Gasteiger partial charge in [-0.1, -0.05) is 59.7 Å². The Bertz CT molecular complexity index is 497. The van der Waals surface area contributed by atoms with Crippen molar-refractivity contribution in [1.82, 2.24) is 0 Å². The Balaban J connectivity index is 1.43. The highest BCUT2D eigenvalue weighted by Gasteiger charge is 1.96. The van der Waals surface area contributed by atoms with E-state index in [0.29, 0.717) is 0 Å². The van der Waals surface area contributed by atoms with Crippen molar-refractivity contribution in [2.75, 3.05) is 24.7 Å². The van der Waals surface area contributed by atoms with Crippen molar-refractivity contribution in [2.24, 2.45) is 0 Å². The van der Waals surface area contributed by atoms with E-state index in [4.69, 9.17) is 4.74 Å². The summed E-state index contributed by atoms with van der Waals surface area (Å²) in [5.74, 6) is 4.28. The van der Waals surface area contributed by atoms with Crippen LogP contribution in [0.2, 0.25) is 0 Å². The third kappa shape index (κ3) is 7.96. The van der Waals surface area contributed by atoms with Crippen LogP contribution in [0.1, 0.15) is 22.3 Å². The predicted octanol–water partition coefficient (Wildman–Crippen LogP) is 5.49. The number of thioether (sulfide) groups is 2. The number of hydrogen-bond donors (Lipinski definition) is 0. The van der Waals surface area contributed by atoms with Crippen molar-refractivity contribution in [3.63, 3.8) is 0 Å². The van der Waals surface area contributed by atoms with Crippen LogP contribution >= 0.6 is 23.5 Å². The van der Waals surface area contributed by atoms with Gasteiger partial charge in [0.2, 0.25) is 0 Å². The molecule has 2 rings (SSSR count). The van der Waals surface area contributed by atoms with Gasteiger partial charge in [-0.25, -0.2) is 0 Å². The second kappa shape index (κ2) is 10.8. The zero-order valence-corrected chi connectivity index (χ0v) is 15.7. The van der Waals surface area contributed by atoms with Gasteiger partial charge in [0.25, 0.3) is 0 Å². The second-order valence-electron chi connectivity index (χ2n) is 5.69. The van der Waals surface area contributed by atoms with Crippen LogP contribution in [-0.2, 0) is 16.2 Å². The molecule has 0 aliphatic heterocycles. The van der Waals surface area contributed by atoms with Crippen molar-refractivity contribution >= 4 is 23.5 Å². The van der Waals surface area contributed by atoms with Crippen LogP contribution in [0.15, 0.2) is 48.5 Å². The van der Waals surface area contributed by atoms with Crippen LogP contribution in [0, 0.1) is 13.8 Å². The highest BCUT2D eigenvalue weighted by molar-refractivity contribution is 7.98. The smallest absolute Gasteiger partial charge is 0.0557 e. The molecule has 3 heteroatoms. The van der Waals surface area contributed by atoms with E-state index in [9.17, 15) is 0 Å². The molecule has 0 saturated carbocycles. The Hall–Kier alpha value is -0.900. The second-order valence-corrected chi connectivity index (χ2v) is 7.90. The largest absolute Gasteiger partial charge is 0.380 e. The maximum absolute atomic E-state index is 5.71. The SMILES string of the molecule is Cc1ccc(CSCCOCCSCc2ccc(C)cc2)cc1. The van der Waals surface area contributed by atoms with E-state index in [-0.39, 0.29) is 0 Å². The average Bonchev–Trinajstić information content (AvgIpc) is 2.56. The monoisotopic (exact) mass is 346 g/mol. The summed E-state index contributed by atoms with van der Waals surface area (Å²) in [5.41, 5.74) is 5.44. The van der Waals surface area contributed by atoms with Crippen molar-refractivity contribution in [3.05, 3.63) is 70.8 Å². The molecule has 0 aliphatic carbocycles. The lowest BCUT2D eigenvalue weighted by Crippen LogP contribution is -2.02. The minimum atomic E-state index is 0.849. The molecule has 23 heavy (non-hydrogen) atoms. The molecule has 2 aromatic carbocycles. The number of hydrogen-bond acceptors (Lipinski definition) is 3. The molecule has 0 bridgehead atoms. The van der Waals surface area contributed by atoms with Gasteiger partial charge in [0.15, 0.2) is 0 Å². The Labute approximate surface area is 149 Å². The summed E-state index contributed by atoms with van der Waals surface area (Å²) in [4.78, 5) is 0. The number of benzene rings is 2. The number of ether oxygens (including phenoxy) is 1. The van der Waals surface area contributed by atoms with Crippen LogP contribution < -0.4 is 0 Å². The van der Waals surface area contributed by atoms with Gasteiger partial charge in [0.05, 0.1) is 13.2 Å². The number of rotatable bonds is 10. The van der Waals surface area contributed by atoms with Crippen LogP contribution in [-0.4, -0.2) is 24.7 Å². The molecule has 0 aromatic heterocycles. The summed E-state index contributed by atoms with van der Waals surface area (Å²) in [6, 6.07) is 17.6. The first-order valence-corrected chi connectivity index (χ1v) is 10.4. The molecule has 124 valence electrons. The highest BCUT2D eigenvalue weighted by atomic mass is 32.2. The minimum absolute atomic E-state index is 0.849. The molecule has 0 aliphatic rings. The summed E-state index contributed by atoms with van der Waals surface area (Å²) >= 11 is 3.88. The van der Waals surface area contributed by atoms with E-state index in [2.05, 4.69) is 62.4 Å². The van der Waals surface area contributed by atoms with E-state index in [0.717, 1.165) is 36.2 Å². The van der Waals surface area contributed by atoms with E-state index >= 15 is 0 Å². The highest BCUT2D eigenvalue weighted by Crippen LogP contribution is 2.14. The summed E-state index contributed by atoms with van der Waals surface area (Å²) in [5, 5.41) is 0. The normalized spacial score (nSPS) is 10.9. The molecule has 0 N–H and O–H groups in total. The molecule has 0 spiro atoms. The molecule has 0 saturated heterocycles. The summed E-state index contributed by atoms with van der Waals surface area (Å²) in [6.45, 7) is 5.95. The predicted molar refractivity (Wildman–Crippen MR) is 106 cm³/mol. The minimum Gasteiger partial charge on any atom is -0.380 e. The molecule has 2 aromatic rings. The maximum atomic E-state index is 5.71. The van der Waals surface area contributed by atoms with E-state index < -0.39 is 0 Å². The van der Waals surface area contributed by atoms with Crippen molar-refractivity contribution in [2.45, 2.75) is 25.4 Å². The van der Waals surface area contributed by atoms with Crippen molar-refractivity contribution in [1.29, 1.82) is 0 Å². The van der Waals surface area contributed by atoms with E-state index in [1.807, 2.05) is 23.5 Å². The molecule has 0 amide bonds. The number of aryl methyl sites for hydroxylation is 2. The molecular formula is C20H26OS2. The van der Waals surface area contributed by atoms with Crippen LogP contribution in [0.4, 0.5) is 0 Å². The van der Waals surface area contributed by atoms with Gasteiger partial charge in [-0.15, -0.1) is 0 Å². The molecule has 1 nitrogen and oxygen atoms in total. The molecule has 0 atom stereocenters. The van der Waals surface area contributed by atoms with Crippen LogP contribution in [0.5, 0.6) is 0 Å². The summed E-state index contributed by atoms with van der Waals surface area (Å²) < 4.78 is 5.71. The third-order valence-electron chi connectivity index (χ3n) is 3.52. The standard InChI is InChI=1S/C20H26OS2/c1-17-3-7-19(8-4-17)15-22-13-11-21-12-14-23-16-20-9-5-18(2)6-10-20/h3-10H,11-16H2,1-2H3. The first-order chi connectivity index (χ1) is 11.2. The lowest BCUT2D eigenvalue weighted by atomic mass is 10.2. The van der Waals surface area contributed by atoms with Gasteiger partial charge in [-0.2, -0.15) is 23.5 Å². The van der Waals surface area contributed by atoms with Crippen LogP contribution in [0.25, 0.3) is 0 Å². The quantitative estimate of drug-likeness (QED) is 0.527. The van der Waals surface area contributed by atoms with E-state index in [1.54, 1.807) is 0 Å². The fraction of sp³-hybridized carbons (Fsp3) is 0.400. The lowest BCUT2D eigenvalue weighted by Gasteiger charge is -2.05.